The molecule has 0 fully saturated rings. The number of aromatic amines is 1. The number of aromatic nitrogens is 2. The molecule has 7 nitrogen and oxygen atoms in total. The normalized spacial score (nSPS) is 15.0. The third-order valence-electron chi connectivity index (χ3n) is 5.98. The van der Waals surface area contributed by atoms with Crippen molar-refractivity contribution in [2.45, 2.75) is 33.4 Å². The summed E-state index contributed by atoms with van der Waals surface area (Å²) in [6.07, 6.45) is 1.62. The molecular formula is C27H27N3O4. The molecule has 0 bridgehead atoms. The van der Waals surface area contributed by atoms with Gasteiger partial charge in [0, 0.05) is 11.1 Å². The Balaban J connectivity index is 1.65. The van der Waals surface area contributed by atoms with Crippen molar-refractivity contribution in [3.63, 3.8) is 0 Å². The number of nitrogens with zero attached hydrogens (tertiary/aromatic N) is 2. The lowest BCUT2D eigenvalue weighted by Gasteiger charge is -2.26. The first-order valence-electron chi connectivity index (χ1n) is 11.5. The maximum Gasteiger partial charge on any atom is 0.273 e. The number of aryl methyl sites for hydroxylation is 1. The largest absolute Gasteiger partial charge is 0.490 e. The molecule has 1 aliphatic rings. The third kappa shape index (κ3) is 3.83. The molecule has 0 aliphatic carbocycles. The van der Waals surface area contributed by atoms with Gasteiger partial charge in [0.25, 0.3) is 5.91 Å². The van der Waals surface area contributed by atoms with Crippen LogP contribution in [-0.2, 0) is 6.54 Å². The van der Waals surface area contributed by atoms with E-state index in [0.717, 1.165) is 27.9 Å². The van der Waals surface area contributed by atoms with E-state index in [4.69, 9.17) is 13.9 Å². The molecule has 2 aromatic heterocycles. The Labute approximate surface area is 198 Å². The predicted molar refractivity (Wildman–Crippen MR) is 128 cm³/mol. The van der Waals surface area contributed by atoms with Crippen LogP contribution in [0.2, 0.25) is 0 Å². The zero-order valence-corrected chi connectivity index (χ0v) is 19.5. The minimum absolute atomic E-state index is 0.117. The van der Waals surface area contributed by atoms with Gasteiger partial charge in [-0.05, 0) is 50.6 Å². The van der Waals surface area contributed by atoms with E-state index in [9.17, 15) is 4.79 Å². The molecule has 1 N–H and O–H groups in total. The molecule has 7 heteroatoms. The molecule has 4 aromatic rings. The highest BCUT2D eigenvalue weighted by atomic mass is 16.5. The summed E-state index contributed by atoms with van der Waals surface area (Å²) in [5, 5.41) is 7.55. The standard InChI is InChI=1S/C27H27N3O4/c1-4-32-21-13-12-19(15-22(21)33-5-2)26-23-24(18-10-8-17(3)9-11-18)28-29-25(23)27(31)30(26)16-20-7-6-14-34-20/h6-15,26H,4-5,16H2,1-3H3,(H,28,29). The van der Waals surface area contributed by atoms with E-state index >= 15 is 0 Å². The summed E-state index contributed by atoms with van der Waals surface area (Å²) < 4.78 is 17.2. The van der Waals surface area contributed by atoms with E-state index in [1.807, 2.05) is 80.3 Å². The second-order valence-corrected chi connectivity index (χ2v) is 8.21. The molecule has 34 heavy (non-hydrogen) atoms. The van der Waals surface area contributed by atoms with Gasteiger partial charge in [-0.3, -0.25) is 9.89 Å². The van der Waals surface area contributed by atoms with Crippen LogP contribution in [0.3, 0.4) is 0 Å². The van der Waals surface area contributed by atoms with E-state index in [2.05, 4.69) is 10.2 Å². The second kappa shape index (κ2) is 9.09. The van der Waals surface area contributed by atoms with Crippen molar-refractivity contribution in [1.82, 2.24) is 15.1 Å². The van der Waals surface area contributed by atoms with Crippen molar-refractivity contribution in [3.05, 3.63) is 89.0 Å². The molecule has 174 valence electrons. The zero-order valence-electron chi connectivity index (χ0n) is 19.5. The highest BCUT2D eigenvalue weighted by molar-refractivity contribution is 6.00. The van der Waals surface area contributed by atoms with Crippen LogP contribution in [0, 0.1) is 6.92 Å². The summed E-state index contributed by atoms with van der Waals surface area (Å²) in [6.45, 7) is 7.31. The molecule has 1 atom stereocenters. The molecular weight excluding hydrogens is 430 g/mol. The summed E-state index contributed by atoms with van der Waals surface area (Å²) in [5.41, 5.74) is 5.15. The van der Waals surface area contributed by atoms with Crippen LogP contribution >= 0.6 is 0 Å². The van der Waals surface area contributed by atoms with Gasteiger partial charge in [-0.1, -0.05) is 35.9 Å². The van der Waals surface area contributed by atoms with Crippen LogP contribution in [0.1, 0.15) is 52.8 Å². The third-order valence-corrected chi connectivity index (χ3v) is 5.98. The number of hydrogen-bond donors (Lipinski definition) is 1. The molecule has 3 heterocycles. The van der Waals surface area contributed by atoms with Crippen LogP contribution in [0.15, 0.2) is 65.3 Å². The maximum atomic E-state index is 13.5. The summed E-state index contributed by atoms with van der Waals surface area (Å²) >= 11 is 0. The van der Waals surface area contributed by atoms with Crippen molar-refractivity contribution in [1.29, 1.82) is 0 Å². The molecule has 5 rings (SSSR count). The summed E-state index contributed by atoms with van der Waals surface area (Å²) in [4.78, 5) is 15.4. The van der Waals surface area contributed by atoms with Crippen LogP contribution in [0.5, 0.6) is 11.5 Å². The number of rotatable bonds is 8. The van der Waals surface area contributed by atoms with E-state index in [0.29, 0.717) is 42.7 Å². The Morgan fingerprint density at radius 3 is 2.50 bits per heavy atom. The van der Waals surface area contributed by atoms with Crippen LogP contribution in [0.25, 0.3) is 11.3 Å². The number of fused-ring (bicyclic) bond motifs is 1. The van der Waals surface area contributed by atoms with Crippen LogP contribution < -0.4 is 9.47 Å². The van der Waals surface area contributed by atoms with Crippen LogP contribution in [0.4, 0.5) is 0 Å². The number of furan rings is 1. The topological polar surface area (TPSA) is 80.6 Å². The van der Waals surface area contributed by atoms with E-state index in [1.54, 1.807) is 6.26 Å². The Morgan fingerprint density at radius 1 is 1.03 bits per heavy atom. The minimum atomic E-state index is -0.363. The van der Waals surface area contributed by atoms with Gasteiger partial charge in [-0.15, -0.1) is 0 Å². The number of hydrogen-bond acceptors (Lipinski definition) is 5. The lowest BCUT2D eigenvalue weighted by atomic mass is 9.95. The van der Waals surface area contributed by atoms with Crippen molar-refractivity contribution in [3.8, 4) is 22.8 Å². The first-order valence-corrected chi connectivity index (χ1v) is 11.5. The molecule has 1 unspecified atom stereocenters. The SMILES string of the molecule is CCOc1ccc(C2c3c(-c4ccc(C)cc4)n[nH]c3C(=O)N2Cc2ccco2)cc1OCC. The van der Waals surface area contributed by atoms with Gasteiger partial charge in [0.15, 0.2) is 11.5 Å². The fraction of sp³-hybridized carbons (Fsp3) is 0.259. The lowest BCUT2D eigenvalue weighted by molar-refractivity contribution is 0.0716. The van der Waals surface area contributed by atoms with Gasteiger partial charge >= 0.3 is 0 Å². The highest BCUT2D eigenvalue weighted by Gasteiger charge is 2.42. The molecule has 0 saturated carbocycles. The first-order chi connectivity index (χ1) is 16.6. The quantitative estimate of drug-likeness (QED) is 0.377. The molecule has 0 radical (unpaired) electrons. The van der Waals surface area contributed by atoms with Gasteiger partial charge in [-0.25, -0.2) is 0 Å². The zero-order chi connectivity index (χ0) is 23.7. The number of amides is 1. The van der Waals surface area contributed by atoms with Gasteiger partial charge in [-0.2, -0.15) is 5.10 Å². The Morgan fingerprint density at radius 2 is 1.79 bits per heavy atom. The molecule has 0 saturated heterocycles. The Bertz CT molecular complexity index is 1290. The van der Waals surface area contributed by atoms with Gasteiger partial charge in [0.05, 0.1) is 37.8 Å². The Hall–Kier alpha value is -4.00. The Kier molecular flexibility index (Phi) is 5.84. The van der Waals surface area contributed by atoms with E-state index in [-0.39, 0.29) is 11.9 Å². The lowest BCUT2D eigenvalue weighted by Crippen LogP contribution is -2.29. The van der Waals surface area contributed by atoms with Gasteiger partial charge in [0.2, 0.25) is 0 Å². The second-order valence-electron chi connectivity index (χ2n) is 8.21. The van der Waals surface area contributed by atoms with Gasteiger partial charge < -0.3 is 18.8 Å². The fourth-order valence-corrected chi connectivity index (χ4v) is 4.45. The minimum Gasteiger partial charge on any atom is -0.490 e. The number of nitrogens with one attached hydrogen (secondary N) is 1. The van der Waals surface area contributed by atoms with Crippen LogP contribution in [-0.4, -0.2) is 34.2 Å². The van der Waals surface area contributed by atoms with Crippen molar-refractivity contribution >= 4 is 5.91 Å². The molecule has 1 aliphatic heterocycles. The van der Waals surface area contributed by atoms with Crippen molar-refractivity contribution < 1.29 is 18.7 Å². The number of benzene rings is 2. The highest BCUT2D eigenvalue weighted by Crippen LogP contribution is 2.45. The monoisotopic (exact) mass is 457 g/mol. The number of ether oxygens (including phenoxy) is 2. The summed E-state index contributed by atoms with van der Waals surface area (Å²) in [7, 11) is 0. The van der Waals surface area contributed by atoms with E-state index in [1.165, 1.54) is 0 Å². The average molecular weight is 458 g/mol. The summed E-state index contributed by atoms with van der Waals surface area (Å²) in [6, 6.07) is 17.4. The number of H-pyrrole nitrogens is 1. The molecule has 2 aromatic carbocycles. The predicted octanol–water partition coefficient (Wildman–Crippen LogP) is 5.52. The average Bonchev–Trinajstić information content (AvgIpc) is 3.56. The van der Waals surface area contributed by atoms with Crippen molar-refractivity contribution in [2.75, 3.05) is 13.2 Å². The summed E-state index contributed by atoms with van der Waals surface area (Å²) in [5.74, 6) is 1.93. The van der Waals surface area contributed by atoms with E-state index < -0.39 is 0 Å². The van der Waals surface area contributed by atoms with Crippen molar-refractivity contribution in [2.24, 2.45) is 0 Å². The molecule has 0 spiro atoms. The van der Waals surface area contributed by atoms with Gasteiger partial charge in [0.1, 0.15) is 11.5 Å². The fourth-order valence-electron chi connectivity index (χ4n) is 4.45. The smallest absolute Gasteiger partial charge is 0.273 e. The molecule has 1 amide bonds. The number of carbonyl (C=O) groups is 1. The number of carbonyl (C=O) groups excluding carboxylic acids is 1. The first kappa shape index (κ1) is 21.8. The maximum absolute atomic E-state index is 13.5.